The maximum Gasteiger partial charge on any atom is 0.335 e. The summed E-state index contributed by atoms with van der Waals surface area (Å²) in [7, 11) is -3.69. The molecular weight excluding hydrogens is 348 g/mol. The molecule has 20 heavy (non-hydrogen) atoms. The molecule has 1 aliphatic heterocycles. The number of halogens is 1. The van der Waals surface area contributed by atoms with Gasteiger partial charge in [0.15, 0.2) is 0 Å². The summed E-state index contributed by atoms with van der Waals surface area (Å²) in [5, 5.41) is 12.1. The van der Waals surface area contributed by atoms with E-state index in [1.807, 2.05) is 0 Å². The van der Waals surface area contributed by atoms with Crippen molar-refractivity contribution in [1.82, 2.24) is 9.62 Å². The zero-order valence-corrected chi connectivity index (χ0v) is 13.3. The van der Waals surface area contributed by atoms with Crippen LogP contribution in [0.1, 0.15) is 15.9 Å². The van der Waals surface area contributed by atoms with E-state index in [2.05, 4.69) is 21.2 Å². The van der Waals surface area contributed by atoms with E-state index in [4.69, 9.17) is 5.11 Å². The summed E-state index contributed by atoms with van der Waals surface area (Å²) in [5.74, 6) is -1.14. The molecule has 0 atom stereocenters. The molecule has 1 aromatic carbocycles. The third-order valence-electron chi connectivity index (χ3n) is 3.16. The van der Waals surface area contributed by atoms with Crippen LogP contribution in [0.25, 0.3) is 0 Å². The topological polar surface area (TPSA) is 86.7 Å². The standard InChI is InChI=1S/C12H15BrN2O4S/c1-8-6-9(12(16)17)7-10(11(8)13)20(18,19)15-4-2-14-3-5-15/h6-7,14H,2-5H2,1H3,(H,16,17). The molecule has 0 unspecified atom stereocenters. The number of hydrogen-bond donors (Lipinski definition) is 2. The average molecular weight is 363 g/mol. The third kappa shape index (κ3) is 2.88. The number of hydrogen-bond acceptors (Lipinski definition) is 4. The van der Waals surface area contributed by atoms with Crippen LogP contribution in [0, 0.1) is 6.92 Å². The Hall–Kier alpha value is -0.960. The minimum atomic E-state index is -3.69. The van der Waals surface area contributed by atoms with Crippen LogP contribution in [0.4, 0.5) is 0 Å². The van der Waals surface area contributed by atoms with E-state index in [-0.39, 0.29) is 10.5 Å². The molecule has 0 aromatic heterocycles. The van der Waals surface area contributed by atoms with E-state index in [0.717, 1.165) is 0 Å². The van der Waals surface area contributed by atoms with Crippen LogP contribution in [-0.4, -0.2) is 50.0 Å². The van der Waals surface area contributed by atoms with Crippen LogP contribution in [0.5, 0.6) is 0 Å². The fourth-order valence-electron chi connectivity index (χ4n) is 2.07. The molecule has 1 fully saturated rings. The van der Waals surface area contributed by atoms with Crippen LogP contribution in [0.15, 0.2) is 21.5 Å². The summed E-state index contributed by atoms with van der Waals surface area (Å²) in [5.41, 5.74) is 0.554. The fraction of sp³-hybridized carbons (Fsp3) is 0.417. The van der Waals surface area contributed by atoms with Crippen molar-refractivity contribution in [3.8, 4) is 0 Å². The van der Waals surface area contributed by atoms with E-state index in [1.54, 1.807) is 6.92 Å². The van der Waals surface area contributed by atoms with Gasteiger partial charge < -0.3 is 10.4 Å². The molecule has 2 N–H and O–H groups in total. The molecule has 6 nitrogen and oxygen atoms in total. The van der Waals surface area contributed by atoms with Crippen molar-refractivity contribution in [1.29, 1.82) is 0 Å². The molecule has 1 saturated heterocycles. The van der Waals surface area contributed by atoms with Crippen molar-refractivity contribution in [2.24, 2.45) is 0 Å². The quantitative estimate of drug-likeness (QED) is 0.839. The molecule has 0 radical (unpaired) electrons. The summed E-state index contributed by atoms with van der Waals surface area (Å²) < 4.78 is 27.0. The predicted molar refractivity (Wildman–Crippen MR) is 77.5 cm³/mol. The maximum atomic E-state index is 12.6. The number of carboxylic acid groups (broad SMARTS) is 1. The fourth-order valence-corrected chi connectivity index (χ4v) is 4.52. The van der Waals surface area contributed by atoms with Crippen molar-refractivity contribution in [2.75, 3.05) is 26.2 Å². The molecule has 0 saturated carbocycles. The van der Waals surface area contributed by atoms with Gasteiger partial charge in [-0.2, -0.15) is 4.31 Å². The van der Waals surface area contributed by atoms with Crippen LogP contribution < -0.4 is 5.32 Å². The number of aromatic carboxylic acids is 1. The first-order chi connectivity index (χ1) is 9.34. The van der Waals surface area contributed by atoms with Crippen LogP contribution in [-0.2, 0) is 10.0 Å². The molecule has 1 heterocycles. The normalized spacial score (nSPS) is 17.1. The first-order valence-corrected chi connectivity index (χ1v) is 8.31. The molecule has 110 valence electrons. The second kappa shape index (κ2) is 5.80. The number of benzene rings is 1. The highest BCUT2D eigenvalue weighted by Crippen LogP contribution is 2.29. The summed E-state index contributed by atoms with van der Waals surface area (Å²) in [6, 6.07) is 2.65. The number of piperazine rings is 1. The van der Waals surface area contributed by atoms with E-state index in [0.29, 0.717) is 36.2 Å². The minimum Gasteiger partial charge on any atom is -0.478 e. The molecule has 0 spiro atoms. The smallest absolute Gasteiger partial charge is 0.335 e. The first-order valence-electron chi connectivity index (χ1n) is 6.08. The SMILES string of the molecule is Cc1cc(C(=O)O)cc(S(=O)(=O)N2CCNCC2)c1Br. The Labute approximate surface area is 126 Å². The van der Waals surface area contributed by atoms with Gasteiger partial charge in [-0.05, 0) is 40.5 Å². The molecule has 8 heteroatoms. The van der Waals surface area contributed by atoms with Gasteiger partial charge in [0.05, 0.1) is 10.5 Å². The Morgan fingerprint density at radius 3 is 2.50 bits per heavy atom. The summed E-state index contributed by atoms with van der Waals surface area (Å²) >= 11 is 3.25. The van der Waals surface area contributed by atoms with Gasteiger partial charge in [-0.3, -0.25) is 0 Å². The zero-order valence-electron chi connectivity index (χ0n) is 10.9. The first kappa shape index (κ1) is 15.4. The van der Waals surface area contributed by atoms with Gasteiger partial charge in [0.25, 0.3) is 0 Å². The summed E-state index contributed by atoms with van der Waals surface area (Å²) in [6.07, 6.45) is 0. The number of aryl methyl sites for hydroxylation is 1. The van der Waals surface area contributed by atoms with Gasteiger partial charge in [-0.25, -0.2) is 13.2 Å². The summed E-state index contributed by atoms with van der Waals surface area (Å²) in [6.45, 7) is 3.62. The Balaban J connectivity index is 2.52. The molecule has 0 aliphatic carbocycles. The number of nitrogens with one attached hydrogen (secondary N) is 1. The molecule has 0 amide bonds. The highest BCUT2D eigenvalue weighted by molar-refractivity contribution is 9.10. The van der Waals surface area contributed by atoms with Crippen molar-refractivity contribution in [3.63, 3.8) is 0 Å². The largest absolute Gasteiger partial charge is 0.478 e. The number of rotatable bonds is 3. The number of carbonyl (C=O) groups is 1. The van der Waals surface area contributed by atoms with Gasteiger partial charge in [0.1, 0.15) is 0 Å². The van der Waals surface area contributed by atoms with E-state index in [1.165, 1.54) is 16.4 Å². The lowest BCUT2D eigenvalue weighted by atomic mass is 10.1. The van der Waals surface area contributed by atoms with Crippen LogP contribution >= 0.6 is 15.9 Å². The molecule has 1 aromatic rings. The monoisotopic (exact) mass is 362 g/mol. The van der Waals surface area contributed by atoms with E-state index < -0.39 is 16.0 Å². The van der Waals surface area contributed by atoms with Gasteiger partial charge in [-0.1, -0.05) is 0 Å². The second-order valence-corrected chi connectivity index (χ2v) is 7.26. The Kier molecular flexibility index (Phi) is 4.48. The number of sulfonamides is 1. The van der Waals surface area contributed by atoms with Crippen LogP contribution in [0.2, 0.25) is 0 Å². The molecule has 1 aliphatic rings. The average Bonchev–Trinajstić information content (AvgIpc) is 2.42. The minimum absolute atomic E-state index is 0.0109. The molecular formula is C12H15BrN2O4S. The molecule has 2 rings (SSSR count). The zero-order chi connectivity index (χ0) is 14.9. The van der Waals surface area contributed by atoms with Gasteiger partial charge in [0.2, 0.25) is 10.0 Å². The van der Waals surface area contributed by atoms with Crippen molar-refractivity contribution in [3.05, 3.63) is 27.7 Å². The number of carboxylic acids is 1. The number of nitrogens with zero attached hydrogens (tertiary/aromatic N) is 1. The van der Waals surface area contributed by atoms with E-state index >= 15 is 0 Å². The lowest BCUT2D eigenvalue weighted by Crippen LogP contribution is -2.46. The van der Waals surface area contributed by atoms with Crippen molar-refractivity contribution >= 4 is 31.9 Å². The maximum absolute atomic E-state index is 12.6. The second-order valence-electron chi connectivity index (χ2n) is 4.56. The van der Waals surface area contributed by atoms with Crippen LogP contribution in [0.3, 0.4) is 0 Å². The summed E-state index contributed by atoms with van der Waals surface area (Å²) in [4.78, 5) is 11.1. The highest BCUT2D eigenvalue weighted by Gasteiger charge is 2.29. The third-order valence-corrected chi connectivity index (χ3v) is 6.40. The van der Waals surface area contributed by atoms with E-state index in [9.17, 15) is 13.2 Å². The van der Waals surface area contributed by atoms with Gasteiger partial charge in [0, 0.05) is 30.7 Å². The predicted octanol–water partition coefficient (Wildman–Crippen LogP) is 1.05. The lowest BCUT2D eigenvalue weighted by Gasteiger charge is -2.27. The van der Waals surface area contributed by atoms with Crippen molar-refractivity contribution in [2.45, 2.75) is 11.8 Å². The Morgan fingerprint density at radius 2 is 1.95 bits per heavy atom. The Bertz CT molecular complexity index is 639. The highest BCUT2D eigenvalue weighted by atomic mass is 79.9. The molecule has 0 bridgehead atoms. The van der Waals surface area contributed by atoms with Gasteiger partial charge in [-0.15, -0.1) is 0 Å². The Morgan fingerprint density at radius 1 is 1.35 bits per heavy atom. The van der Waals surface area contributed by atoms with Crippen molar-refractivity contribution < 1.29 is 18.3 Å². The lowest BCUT2D eigenvalue weighted by molar-refractivity contribution is 0.0696. The van der Waals surface area contributed by atoms with Gasteiger partial charge >= 0.3 is 5.97 Å².